The van der Waals surface area contributed by atoms with Crippen molar-refractivity contribution in [3.05, 3.63) is 89.7 Å². The molecule has 0 saturated carbocycles. The van der Waals surface area contributed by atoms with Crippen molar-refractivity contribution >= 4 is 29.3 Å². The molecule has 1 aliphatic rings. The Balaban J connectivity index is 1.30. The van der Waals surface area contributed by atoms with Gasteiger partial charge in [-0.1, -0.05) is 18.2 Å². The molecule has 0 radical (unpaired) electrons. The zero-order valence-electron chi connectivity index (χ0n) is 19.7. The number of carbonyl (C=O) groups excluding carboxylic acids is 3. The van der Waals surface area contributed by atoms with Gasteiger partial charge in [0.05, 0.1) is 11.3 Å². The first kappa shape index (κ1) is 24.5. The van der Waals surface area contributed by atoms with Crippen LogP contribution >= 0.6 is 0 Å². The summed E-state index contributed by atoms with van der Waals surface area (Å²) in [6, 6.07) is 17.3. The SMILES string of the molecule is Nc1ccc(CNC(=O)NCC(=O)N2CCCN2c2cccc(C(=O)OCc3ccncc3)c2)cc1. The summed E-state index contributed by atoms with van der Waals surface area (Å²) in [7, 11) is 0. The Morgan fingerprint density at radius 3 is 2.50 bits per heavy atom. The standard InChI is InChI=1S/C26H28N6O4/c27-22-7-5-19(6-8-22)16-29-26(35)30-17-24(33)32-14-2-13-31(32)23-4-1-3-21(15-23)25(34)36-18-20-9-11-28-12-10-20/h1,3-12,15H,2,13-14,16-18,27H2,(H2,29,30,35). The lowest BCUT2D eigenvalue weighted by Crippen LogP contribution is -2.48. The molecule has 2 aromatic carbocycles. The summed E-state index contributed by atoms with van der Waals surface area (Å²) in [4.78, 5) is 41.5. The molecular formula is C26H28N6O4. The van der Waals surface area contributed by atoms with E-state index in [4.69, 9.17) is 10.5 Å². The van der Waals surface area contributed by atoms with Gasteiger partial charge in [0.1, 0.15) is 13.2 Å². The zero-order valence-corrected chi connectivity index (χ0v) is 19.7. The summed E-state index contributed by atoms with van der Waals surface area (Å²) in [5, 5.41) is 8.72. The minimum Gasteiger partial charge on any atom is -0.457 e. The normalized spacial score (nSPS) is 12.8. The fourth-order valence-electron chi connectivity index (χ4n) is 3.77. The van der Waals surface area contributed by atoms with E-state index < -0.39 is 12.0 Å². The molecule has 10 heteroatoms. The first-order valence-electron chi connectivity index (χ1n) is 11.6. The molecule has 1 fully saturated rings. The maximum atomic E-state index is 12.9. The fraction of sp³-hybridized carbons (Fsp3) is 0.231. The Morgan fingerprint density at radius 2 is 1.72 bits per heavy atom. The Morgan fingerprint density at radius 1 is 0.944 bits per heavy atom. The van der Waals surface area contributed by atoms with Crippen LogP contribution < -0.4 is 21.4 Å². The van der Waals surface area contributed by atoms with Crippen LogP contribution in [0.4, 0.5) is 16.2 Å². The number of hydrogen-bond donors (Lipinski definition) is 3. The molecule has 3 amide bonds. The van der Waals surface area contributed by atoms with Gasteiger partial charge in [-0.2, -0.15) is 0 Å². The second-order valence-electron chi connectivity index (χ2n) is 8.25. The molecule has 0 aliphatic carbocycles. The topological polar surface area (TPSA) is 130 Å². The number of hydrogen-bond acceptors (Lipinski definition) is 7. The lowest BCUT2D eigenvalue weighted by atomic mass is 10.2. The van der Waals surface area contributed by atoms with Gasteiger partial charge in [0.2, 0.25) is 0 Å². The molecule has 36 heavy (non-hydrogen) atoms. The number of pyridine rings is 1. The van der Waals surface area contributed by atoms with E-state index in [0.29, 0.717) is 36.6 Å². The van der Waals surface area contributed by atoms with Gasteiger partial charge < -0.3 is 21.1 Å². The third-order valence-electron chi connectivity index (χ3n) is 5.65. The van der Waals surface area contributed by atoms with Crippen molar-refractivity contribution in [2.24, 2.45) is 0 Å². The number of anilines is 2. The maximum Gasteiger partial charge on any atom is 0.338 e. The first-order valence-corrected chi connectivity index (χ1v) is 11.6. The molecule has 3 aromatic rings. The predicted octanol–water partition coefficient (Wildman–Crippen LogP) is 2.47. The van der Waals surface area contributed by atoms with Gasteiger partial charge >= 0.3 is 12.0 Å². The number of benzene rings is 2. The van der Waals surface area contributed by atoms with Gasteiger partial charge in [0, 0.05) is 37.7 Å². The highest BCUT2D eigenvalue weighted by molar-refractivity contribution is 5.91. The number of nitrogens with one attached hydrogen (secondary N) is 2. The molecule has 186 valence electrons. The minimum atomic E-state index is -0.454. The molecule has 0 bridgehead atoms. The Kier molecular flexibility index (Phi) is 7.97. The molecule has 0 unspecified atom stereocenters. The third kappa shape index (κ3) is 6.50. The van der Waals surface area contributed by atoms with Crippen LogP contribution in [-0.4, -0.2) is 47.5 Å². The second-order valence-corrected chi connectivity index (χ2v) is 8.25. The molecule has 2 heterocycles. The van der Waals surface area contributed by atoms with E-state index in [1.165, 1.54) is 0 Å². The number of nitrogens with zero attached hydrogens (tertiary/aromatic N) is 3. The maximum absolute atomic E-state index is 12.9. The second kappa shape index (κ2) is 11.7. The summed E-state index contributed by atoms with van der Waals surface area (Å²) in [6.07, 6.45) is 4.05. The van der Waals surface area contributed by atoms with Crippen LogP contribution in [0.25, 0.3) is 0 Å². The van der Waals surface area contributed by atoms with Crippen LogP contribution in [-0.2, 0) is 22.7 Å². The van der Waals surface area contributed by atoms with Gasteiger partial charge in [-0.25, -0.2) is 9.59 Å². The molecule has 4 N–H and O–H groups in total. The van der Waals surface area contributed by atoms with Crippen molar-refractivity contribution < 1.29 is 19.1 Å². The van der Waals surface area contributed by atoms with Crippen LogP contribution in [0.15, 0.2) is 73.1 Å². The molecule has 1 aromatic heterocycles. The van der Waals surface area contributed by atoms with Gasteiger partial charge in [-0.15, -0.1) is 0 Å². The molecule has 0 atom stereocenters. The van der Waals surface area contributed by atoms with Crippen molar-refractivity contribution in [1.29, 1.82) is 0 Å². The fourth-order valence-corrected chi connectivity index (χ4v) is 3.77. The van der Waals surface area contributed by atoms with Gasteiger partial charge in [0.25, 0.3) is 5.91 Å². The number of rotatable bonds is 8. The van der Waals surface area contributed by atoms with E-state index in [-0.39, 0.29) is 19.1 Å². The highest BCUT2D eigenvalue weighted by atomic mass is 16.5. The summed E-state index contributed by atoms with van der Waals surface area (Å²) < 4.78 is 5.41. The number of esters is 1. The number of carbonyl (C=O) groups is 3. The van der Waals surface area contributed by atoms with Crippen molar-refractivity contribution in [3.63, 3.8) is 0 Å². The molecule has 1 saturated heterocycles. The molecular weight excluding hydrogens is 460 g/mol. The summed E-state index contributed by atoms with van der Waals surface area (Å²) in [5.41, 5.74) is 9.15. The zero-order chi connectivity index (χ0) is 25.3. The van der Waals surface area contributed by atoms with Crippen LogP contribution in [0.2, 0.25) is 0 Å². The number of nitrogen functional groups attached to an aromatic ring is 1. The van der Waals surface area contributed by atoms with Gasteiger partial charge in [-0.3, -0.25) is 19.8 Å². The number of hydrazine groups is 1. The van der Waals surface area contributed by atoms with Crippen LogP contribution in [0.5, 0.6) is 0 Å². The summed E-state index contributed by atoms with van der Waals surface area (Å²) in [6.45, 7) is 1.44. The average molecular weight is 489 g/mol. The Labute approximate surface area is 209 Å². The van der Waals surface area contributed by atoms with E-state index in [2.05, 4.69) is 15.6 Å². The number of urea groups is 1. The molecule has 0 spiro atoms. The lowest BCUT2D eigenvalue weighted by molar-refractivity contribution is -0.129. The quantitative estimate of drug-likeness (QED) is 0.328. The van der Waals surface area contributed by atoms with Crippen molar-refractivity contribution in [2.75, 3.05) is 30.4 Å². The number of aromatic nitrogens is 1. The van der Waals surface area contributed by atoms with Crippen LogP contribution in [0.1, 0.15) is 27.9 Å². The van der Waals surface area contributed by atoms with Gasteiger partial charge in [0.15, 0.2) is 0 Å². The Hall–Kier alpha value is -4.60. The van der Waals surface area contributed by atoms with E-state index in [9.17, 15) is 14.4 Å². The Bertz CT molecular complexity index is 1200. The summed E-state index contributed by atoms with van der Waals surface area (Å²) >= 11 is 0. The predicted molar refractivity (Wildman–Crippen MR) is 135 cm³/mol. The average Bonchev–Trinajstić information content (AvgIpc) is 3.41. The van der Waals surface area contributed by atoms with E-state index >= 15 is 0 Å². The smallest absolute Gasteiger partial charge is 0.338 e. The van der Waals surface area contributed by atoms with Crippen LogP contribution in [0, 0.1) is 0 Å². The molecule has 1 aliphatic heterocycles. The highest BCUT2D eigenvalue weighted by Gasteiger charge is 2.27. The molecule has 10 nitrogen and oxygen atoms in total. The number of ether oxygens (including phenoxy) is 1. The largest absolute Gasteiger partial charge is 0.457 e. The van der Waals surface area contributed by atoms with Crippen molar-refractivity contribution in [1.82, 2.24) is 20.6 Å². The van der Waals surface area contributed by atoms with Gasteiger partial charge in [-0.05, 0) is 60.0 Å². The molecule has 4 rings (SSSR count). The van der Waals surface area contributed by atoms with Crippen molar-refractivity contribution in [3.8, 4) is 0 Å². The number of amides is 3. The first-order chi connectivity index (χ1) is 17.5. The van der Waals surface area contributed by atoms with Crippen LogP contribution in [0.3, 0.4) is 0 Å². The number of nitrogens with two attached hydrogens (primary N) is 1. The lowest BCUT2D eigenvalue weighted by Gasteiger charge is -2.30. The van der Waals surface area contributed by atoms with E-state index in [0.717, 1.165) is 17.5 Å². The monoisotopic (exact) mass is 488 g/mol. The van der Waals surface area contributed by atoms with E-state index in [1.807, 2.05) is 23.2 Å². The summed E-state index contributed by atoms with van der Waals surface area (Å²) in [5.74, 6) is -0.703. The third-order valence-corrected chi connectivity index (χ3v) is 5.65. The van der Waals surface area contributed by atoms with Crippen molar-refractivity contribution in [2.45, 2.75) is 19.6 Å². The van der Waals surface area contributed by atoms with E-state index in [1.54, 1.807) is 59.9 Å². The minimum absolute atomic E-state index is 0.145. The highest BCUT2D eigenvalue weighted by Crippen LogP contribution is 2.23.